The van der Waals surface area contributed by atoms with Crippen LogP contribution in [0.15, 0.2) is 12.1 Å². The first-order chi connectivity index (χ1) is 10.1. The zero-order valence-corrected chi connectivity index (χ0v) is 13.3. The Balaban J connectivity index is 2.32. The van der Waals surface area contributed by atoms with E-state index in [-0.39, 0.29) is 11.4 Å². The van der Waals surface area contributed by atoms with Gasteiger partial charge in [-0.3, -0.25) is 4.79 Å². The van der Waals surface area contributed by atoms with Crippen LogP contribution in [0, 0.1) is 0 Å². The molecule has 0 heterocycles. The number of nitrogens with one attached hydrogen (secondary N) is 1. The lowest BCUT2D eigenvalue weighted by Crippen LogP contribution is -2.55. The molecule has 1 aliphatic carbocycles. The van der Waals surface area contributed by atoms with E-state index in [1.807, 2.05) is 0 Å². The Morgan fingerprint density at radius 3 is 2.29 bits per heavy atom. The van der Waals surface area contributed by atoms with Gasteiger partial charge in [0.1, 0.15) is 0 Å². The molecule has 1 aliphatic rings. The first-order valence-electron chi connectivity index (χ1n) is 6.78. The number of carbonyl (C=O) groups excluding carboxylic acids is 1. The maximum absolute atomic E-state index is 12.5. The van der Waals surface area contributed by atoms with E-state index in [4.69, 9.17) is 25.8 Å². The summed E-state index contributed by atoms with van der Waals surface area (Å²) in [5.41, 5.74) is 0.114. The minimum absolute atomic E-state index is 0.215. The van der Waals surface area contributed by atoms with E-state index in [0.717, 1.165) is 19.3 Å². The first kappa shape index (κ1) is 15.8. The quantitative estimate of drug-likeness (QED) is 0.820. The molecule has 5 nitrogen and oxygen atoms in total. The van der Waals surface area contributed by atoms with Crippen molar-refractivity contribution in [3.8, 4) is 17.2 Å². The Hall–Kier alpha value is -1.62. The zero-order valence-electron chi connectivity index (χ0n) is 12.5. The van der Waals surface area contributed by atoms with Crippen molar-refractivity contribution in [3.05, 3.63) is 17.7 Å². The number of halogens is 1. The molecule has 2 rings (SSSR count). The van der Waals surface area contributed by atoms with E-state index in [9.17, 15) is 4.79 Å². The van der Waals surface area contributed by atoms with Gasteiger partial charge in [0, 0.05) is 5.88 Å². The minimum Gasteiger partial charge on any atom is -0.493 e. The van der Waals surface area contributed by atoms with Crippen LogP contribution in [0.1, 0.15) is 29.6 Å². The third-order valence-electron chi connectivity index (χ3n) is 3.89. The fraction of sp³-hybridized carbons (Fsp3) is 0.533. The Labute approximate surface area is 129 Å². The van der Waals surface area contributed by atoms with Crippen LogP contribution in [0.2, 0.25) is 0 Å². The van der Waals surface area contributed by atoms with Crippen LogP contribution < -0.4 is 19.5 Å². The average Bonchev–Trinajstić information content (AvgIpc) is 2.48. The number of ether oxygens (including phenoxy) is 3. The number of benzene rings is 1. The molecule has 6 heteroatoms. The van der Waals surface area contributed by atoms with Crippen molar-refractivity contribution in [1.29, 1.82) is 0 Å². The second-order valence-electron chi connectivity index (χ2n) is 5.10. The van der Waals surface area contributed by atoms with E-state index in [2.05, 4.69) is 5.32 Å². The molecule has 1 fully saturated rings. The van der Waals surface area contributed by atoms with Gasteiger partial charge in [-0.05, 0) is 31.4 Å². The van der Waals surface area contributed by atoms with E-state index in [1.165, 1.54) is 21.3 Å². The molecule has 0 bridgehead atoms. The Morgan fingerprint density at radius 2 is 1.86 bits per heavy atom. The monoisotopic (exact) mass is 313 g/mol. The maximum Gasteiger partial charge on any atom is 0.255 e. The molecular formula is C15H20ClNO4. The lowest BCUT2D eigenvalue weighted by molar-refractivity contribution is 0.0850. The molecular weight excluding hydrogens is 294 g/mol. The normalized spacial score (nSPS) is 15.8. The number of alkyl halides is 1. The summed E-state index contributed by atoms with van der Waals surface area (Å²) < 4.78 is 15.8. The second-order valence-corrected chi connectivity index (χ2v) is 5.37. The number of rotatable bonds is 6. The van der Waals surface area contributed by atoms with E-state index < -0.39 is 0 Å². The van der Waals surface area contributed by atoms with Gasteiger partial charge in [-0.2, -0.15) is 0 Å². The Morgan fingerprint density at radius 1 is 1.19 bits per heavy atom. The molecule has 0 spiro atoms. The number of hydrogen-bond donors (Lipinski definition) is 1. The van der Waals surface area contributed by atoms with Crippen LogP contribution in [0.25, 0.3) is 0 Å². The Kier molecular flexibility index (Phi) is 4.83. The predicted molar refractivity (Wildman–Crippen MR) is 80.9 cm³/mol. The molecule has 116 valence electrons. The summed E-state index contributed by atoms with van der Waals surface area (Å²) in [6.45, 7) is 0. The number of carbonyl (C=O) groups is 1. The Bertz CT molecular complexity index is 523. The molecule has 1 saturated carbocycles. The molecule has 0 radical (unpaired) electrons. The summed E-state index contributed by atoms with van der Waals surface area (Å²) in [5, 5.41) is 3.01. The summed E-state index contributed by atoms with van der Waals surface area (Å²) in [6.07, 6.45) is 2.88. The fourth-order valence-corrected chi connectivity index (χ4v) is 2.82. The second kappa shape index (κ2) is 6.43. The van der Waals surface area contributed by atoms with Crippen molar-refractivity contribution < 1.29 is 19.0 Å². The predicted octanol–water partition coefficient (Wildman–Crippen LogP) is 2.60. The van der Waals surface area contributed by atoms with Crippen LogP contribution in [-0.4, -0.2) is 38.7 Å². The summed E-state index contributed by atoms with van der Waals surface area (Å²) >= 11 is 5.98. The summed E-state index contributed by atoms with van der Waals surface area (Å²) in [7, 11) is 4.54. The molecule has 0 aliphatic heterocycles. The van der Waals surface area contributed by atoms with Gasteiger partial charge in [-0.15, -0.1) is 11.6 Å². The highest BCUT2D eigenvalue weighted by molar-refractivity contribution is 6.19. The number of hydrogen-bond acceptors (Lipinski definition) is 4. The van der Waals surface area contributed by atoms with Gasteiger partial charge in [0.15, 0.2) is 11.5 Å². The van der Waals surface area contributed by atoms with E-state index in [1.54, 1.807) is 12.1 Å². The average molecular weight is 314 g/mol. The first-order valence-corrected chi connectivity index (χ1v) is 7.31. The van der Waals surface area contributed by atoms with Gasteiger partial charge in [0.25, 0.3) is 5.91 Å². The van der Waals surface area contributed by atoms with Crippen LogP contribution in [0.5, 0.6) is 17.2 Å². The van der Waals surface area contributed by atoms with Crippen LogP contribution in [-0.2, 0) is 0 Å². The van der Waals surface area contributed by atoms with Crippen molar-refractivity contribution in [1.82, 2.24) is 5.32 Å². The molecule has 0 unspecified atom stereocenters. The highest BCUT2D eigenvalue weighted by Crippen LogP contribution is 2.40. The van der Waals surface area contributed by atoms with Crippen molar-refractivity contribution in [2.75, 3.05) is 27.2 Å². The van der Waals surface area contributed by atoms with Gasteiger partial charge >= 0.3 is 0 Å². The zero-order chi connectivity index (χ0) is 15.5. The van der Waals surface area contributed by atoms with Gasteiger partial charge in [0.2, 0.25) is 5.75 Å². The third kappa shape index (κ3) is 2.88. The van der Waals surface area contributed by atoms with Gasteiger partial charge in [-0.25, -0.2) is 0 Å². The fourth-order valence-electron chi connectivity index (χ4n) is 2.48. The lowest BCUT2D eigenvalue weighted by atomic mass is 9.78. The van der Waals surface area contributed by atoms with Crippen LogP contribution in [0.3, 0.4) is 0 Å². The lowest BCUT2D eigenvalue weighted by Gasteiger charge is -2.41. The van der Waals surface area contributed by atoms with Crippen LogP contribution >= 0.6 is 11.6 Å². The third-order valence-corrected chi connectivity index (χ3v) is 4.41. The summed E-state index contributed by atoms with van der Waals surface area (Å²) in [6, 6.07) is 3.35. The summed E-state index contributed by atoms with van der Waals surface area (Å²) in [5.74, 6) is 1.48. The van der Waals surface area contributed by atoms with E-state index >= 15 is 0 Å². The molecule has 1 aromatic rings. The van der Waals surface area contributed by atoms with Crippen molar-refractivity contribution in [3.63, 3.8) is 0 Å². The molecule has 21 heavy (non-hydrogen) atoms. The SMILES string of the molecule is COc1ccc(C(=O)NC2(CCl)CCC2)c(OC)c1OC. The van der Waals surface area contributed by atoms with Gasteiger partial charge < -0.3 is 19.5 Å². The standard InChI is InChI=1S/C15H20ClNO4/c1-19-11-6-5-10(12(20-2)13(11)21-3)14(18)17-15(9-16)7-4-8-15/h5-6H,4,7-9H2,1-3H3,(H,17,18). The molecule has 0 saturated heterocycles. The van der Waals surface area contributed by atoms with Crippen LogP contribution in [0.4, 0.5) is 0 Å². The molecule has 1 amide bonds. The van der Waals surface area contributed by atoms with Crippen molar-refractivity contribution in [2.24, 2.45) is 0 Å². The summed E-state index contributed by atoms with van der Waals surface area (Å²) in [4.78, 5) is 12.5. The highest BCUT2D eigenvalue weighted by Gasteiger charge is 2.38. The number of amides is 1. The molecule has 1 N–H and O–H groups in total. The highest BCUT2D eigenvalue weighted by atomic mass is 35.5. The van der Waals surface area contributed by atoms with Gasteiger partial charge in [-0.1, -0.05) is 0 Å². The minimum atomic E-state index is -0.295. The smallest absolute Gasteiger partial charge is 0.255 e. The van der Waals surface area contributed by atoms with Gasteiger partial charge in [0.05, 0.1) is 32.4 Å². The molecule has 0 aromatic heterocycles. The maximum atomic E-state index is 12.5. The topological polar surface area (TPSA) is 56.8 Å². The van der Waals surface area contributed by atoms with Crippen molar-refractivity contribution in [2.45, 2.75) is 24.8 Å². The molecule has 1 aromatic carbocycles. The molecule has 0 atom stereocenters. The van der Waals surface area contributed by atoms with E-state index in [0.29, 0.717) is 28.7 Å². The number of methoxy groups -OCH3 is 3. The van der Waals surface area contributed by atoms with Crippen molar-refractivity contribution >= 4 is 17.5 Å². The largest absolute Gasteiger partial charge is 0.493 e.